The summed E-state index contributed by atoms with van der Waals surface area (Å²) in [5.41, 5.74) is 5.53. The van der Waals surface area contributed by atoms with Gasteiger partial charge in [-0.3, -0.25) is 4.79 Å². The lowest BCUT2D eigenvalue weighted by Crippen LogP contribution is -2.40. The second-order valence-electron chi connectivity index (χ2n) is 5.61. The lowest BCUT2D eigenvalue weighted by molar-refractivity contribution is -0.119. The van der Waals surface area contributed by atoms with Crippen molar-refractivity contribution in [1.29, 1.82) is 0 Å². The standard InChI is InChI=1S/C14H22N2O5S2/c1-5-9(2)13(14(15)17)16-11-7-6-10(22(3,18)19)8-12(11)23(4,20)21/h6-9,13,16H,5H2,1-4H3,(H2,15,17)/t9-,13-/m1/s1. The van der Waals surface area contributed by atoms with Crippen molar-refractivity contribution in [2.24, 2.45) is 11.7 Å². The molecule has 1 aromatic carbocycles. The highest BCUT2D eigenvalue weighted by Crippen LogP contribution is 2.27. The van der Waals surface area contributed by atoms with Crippen LogP contribution in [0.1, 0.15) is 20.3 Å². The van der Waals surface area contributed by atoms with Crippen molar-refractivity contribution in [1.82, 2.24) is 0 Å². The molecule has 1 aromatic rings. The zero-order valence-electron chi connectivity index (χ0n) is 13.5. The van der Waals surface area contributed by atoms with Gasteiger partial charge in [0.2, 0.25) is 5.91 Å². The highest BCUT2D eigenvalue weighted by Gasteiger charge is 2.25. The molecule has 9 heteroatoms. The highest BCUT2D eigenvalue weighted by atomic mass is 32.2. The van der Waals surface area contributed by atoms with Crippen molar-refractivity contribution in [2.45, 2.75) is 36.1 Å². The van der Waals surface area contributed by atoms with Crippen LogP contribution in [0.3, 0.4) is 0 Å². The number of nitrogens with two attached hydrogens (primary N) is 1. The largest absolute Gasteiger partial charge is 0.372 e. The SMILES string of the molecule is CC[C@@H](C)[C@@H](Nc1ccc(S(C)(=O)=O)cc1S(C)(=O)=O)C(N)=O. The quantitative estimate of drug-likeness (QED) is 0.739. The van der Waals surface area contributed by atoms with Crippen LogP contribution in [0, 0.1) is 5.92 Å². The van der Waals surface area contributed by atoms with Gasteiger partial charge in [0.25, 0.3) is 0 Å². The van der Waals surface area contributed by atoms with Crippen LogP contribution in [-0.2, 0) is 24.5 Å². The van der Waals surface area contributed by atoms with Crippen LogP contribution in [0.15, 0.2) is 28.0 Å². The number of amides is 1. The normalized spacial score (nSPS) is 15.0. The van der Waals surface area contributed by atoms with E-state index in [-0.39, 0.29) is 21.4 Å². The number of hydrogen-bond donors (Lipinski definition) is 2. The fraction of sp³-hybridized carbons (Fsp3) is 0.500. The Hall–Kier alpha value is -1.61. The van der Waals surface area contributed by atoms with Gasteiger partial charge < -0.3 is 11.1 Å². The van der Waals surface area contributed by atoms with E-state index in [4.69, 9.17) is 5.73 Å². The number of hydrogen-bond acceptors (Lipinski definition) is 6. The molecule has 0 radical (unpaired) electrons. The Labute approximate surface area is 137 Å². The second kappa shape index (κ2) is 6.88. The van der Waals surface area contributed by atoms with E-state index in [2.05, 4.69) is 5.32 Å². The van der Waals surface area contributed by atoms with Crippen molar-refractivity contribution in [2.75, 3.05) is 17.8 Å². The van der Waals surface area contributed by atoms with Gasteiger partial charge in [-0.2, -0.15) is 0 Å². The molecule has 0 aliphatic rings. The van der Waals surface area contributed by atoms with E-state index >= 15 is 0 Å². The molecule has 0 fully saturated rings. The van der Waals surface area contributed by atoms with Crippen molar-refractivity contribution in [3.8, 4) is 0 Å². The molecule has 130 valence electrons. The van der Waals surface area contributed by atoms with Gasteiger partial charge in [0.15, 0.2) is 19.7 Å². The zero-order valence-corrected chi connectivity index (χ0v) is 15.2. The summed E-state index contributed by atoms with van der Waals surface area (Å²) in [7, 11) is -7.25. The number of nitrogens with one attached hydrogen (secondary N) is 1. The Morgan fingerprint density at radius 3 is 2.13 bits per heavy atom. The molecule has 0 saturated carbocycles. The maximum Gasteiger partial charge on any atom is 0.240 e. The van der Waals surface area contributed by atoms with E-state index in [1.54, 1.807) is 0 Å². The first-order valence-electron chi connectivity index (χ1n) is 6.98. The molecule has 23 heavy (non-hydrogen) atoms. The Bertz CT molecular complexity index is 800. The monoisotopic (exact) mass is 362 g/mol. The highest BCUT2D eigenvalue weighted by molar-refractivity contribution is 7.91. The van der Waals surface area contributed by atoms with Gasteiger partial charge in [0, 0.05) is 12.5 Å². The van der Waals surface area contributed by atoms with Gasteiger partial charge in [-0.05, 0) is 24.1 Å². The van der Waals surface area contributed by atoms with Gasteiger partial charge in [-0.25, -0.2) is 16.8 Å². The molecule has 0 aromatic heterocycles. The number of rotatable bonds is 7. The average Bonchev–Trinajstić information content (AvgIpc) is 2.41. The van der Waals surface area contributed by atoms with Crippen molar-refractivity contribution in [3.05, 3.63) is 18.2 Å². The summed E-state index contributed by atoms with van der Waals surface area (Å²) >= 11 is 0. The van der Waals surface area contributed by atoms with Crippen LogP contribution < -0.4 is 11.1 Å². The predicted molar refractivity (Wildman–Crippen MR) is 88.7 cm³/mol. The molecule has 1 amide bonds. The van der Waals surface area contributed by atoms with Crippen LogP contribution in [0.4, 0.5) is 5.69 Å². The van der Waals surface area contributed by atoms with E-state index in [1.807, 2.05) is 13.8 Å². The molecule has 0 heterocycles. The molecule has 1 rings (SSSR count). The molecule has 0 aliphatic heterocycles. The van der Waals surface area contributed by atoms with Gasteiger partial charge >= 0.3 is 0 Å². The third kappa shape index (κ3) is 4.93. The smallest absolute Gasteiger partial charge is 0.240 e. The molecular formula is C14H22N2O5S2. The fourth-order valence-electron chi connectivity index (χ4n) is 2.06. The Morgan fingerprint density at radius 1 is 1.17 bits per heavy atom. The predicted octanol–water partition coefficient (Wildman–Crippen LogP) is 0.805. The van der Waals surface area contributed by atoms with Crippen LogP contribution in [-0.4, -0.2) is 41.3 Å². The maximum atomic E-state index is 12.0. The summed E-state index contributed by atoms with van der Waals surface area (Å²) in [6.45, 7) is 3.69. The average molecular weight is 362 g/mol. The van der Waals surface area contributed by atoms with E-state index in [0.717, 1.165) is 18.6 Å². The lowest BCUT2D eigenvalue weighted by Gasteiger charge is -2.23. The molecule has 0 aliphatic carbocycles. The topological polar surface area (TPSA) is 123 Å². The number of primary amides is 1. The summed E-state index contributed by atoms with van der Waals surface area (Å²) < 4.78 is 47.2. The summed E-state index contributed by atoms with van der Waals surface area (Å²) in [6.07, 6.45) is 2.63. The Kier molecular flexibility index (Phi) is 5.81. The minimum absolute atomic E-state index is 0.109. The fourth-order valence-corrected chi connectivity index (χ4v) is 3.65. The summed E-state index contributed by atoms with van der Waals surface area (Å²) in [6, 6.07) is 2.96. The van der Waals surface area contributed by atoms with E-state index < -0.39 is 31.6 Å². The van der Waals surface area contributed by atoms with Gasteiger partial charge in [-0.15, -0.1) is 0 Å². The molecule has 0 unspecified atom stereocenters. The zero-order chi connectivity index (χ0) is 18.0. The van der Waals surface area contributed by atoms with Crippen LogP contribution in [0.5, 0.6) is 0 Å². The maximum absolute atomic E-state index is 12.0. The third-order valence-corrected chi connectivity index (χ3v) is 5.86. The van der Waals surface area contributed by atoms with Gasteiger partial charge in [0.05, 0.1) is 15.5 Å². The molecule has 0 spiro atoms. The van der Waals surface area contributed by atoms with E-state index in [1.165, 1.54) is 12.1 Å². The molecular weight excluding hydrogens is 340 g/mol. The van der Waals surface area contributed by atoms with E-state index in [0.29, 0.717) is 6.42 Å². The molecule has 0 bridgehead atoms. The summed E-state index contributed by atoms with van der Waals surface area (Å²) in [4.78, 5) is 11.3. The van der Waals surface area contributed by atoms with Crippen LogP contribution >= 0.6 is 0 Å². The first kappa shape index (κ1) is 19.4. The number of carbonyl (C=O) groups is 1. The summed E-state index contributed by atoms with van der Waals surface area (Å²) in [5.74, 6) is -0.722. The number of benzene rings is 1. The number of carbonyl (C=O) groups excluding carboxylic acids is 1. The number of sulfone groups is 2. The Balaban J connectivity index is 3.44. The number of anilines is 1. The second-order valence-corrected chi connectivity index (χ2v) is 9.61. The molecule has 0 saturated heterocycles. The minimum Gasteiger partial charge on any atom is -0.372 e. The first-order valence-corrected chi connectivity index (χ1v) is 10.8. The van der Waals surface area contributed by atoms with E-state index in [9.17, 15) is 21.6 Å². The Morgan fingerprint density at radius 2 is 1.74 bits per heavy atom. The lowest BCUT2D eigenvalue weighted by atomic mass is 9.98. The van der Waals surface area contributed by atoms with Crippen molar-refractivity contribution < 1.29 is 21.6 Å². The van der Waals surface area contributed by atoms with Crippen molar-refractivity contribution >= 4 is 31.3 Å². The molecule has 7 nitrogen and oxygen atoms in total. The molecule has 3 N–H and O–H groups in total. The molecule has 2 atom stereocenters. The van der Waals surface area contributed by atoms with Gasteiger partial charge in [0.1, 0.15) is 6.04 Å². The van der Waals surface area contributed by atoms with Crippen molar-refractivity contribution in [3.63, 3.8) is 0 Å². The third-order valence-electron chi connectivity index (χ3n) is 3.61. The van der Waals surface area contributed by atoms with Crippen LogP contribution in [0.25, 0.3) is 0 Å². The summed E-state index contributed by atoms with van der Waals surface area (Å²) in [5, 5.41) is 2.83. The first-order chi connectivity index (χ1) is 10.4. The minimum atomic E-state index is -3.70. The van der Waals surface area contributed by atoms with Gasteiger partial charge in [-0.1, -0.05) is 20.3 Å². The van der Waals surface area contributed by atoms with Crippen LogP contribution in [0.2, 0.25) is 0 Å².